The van der Waals surface area contributed by atoms with Crippen molar-refractivity contribution in [2.75, 3.05) is 5.32 Å². The van der Waals surface area contributed by atoms with Crippen LogP contribution in [0.5, 0.6) is 0 Å². The van der Waals surface area contributed by atoms with Crippen molar-refractivity contribution in [2.24, 2.45) is 17.8 Å². The molecule has 0 saturated heterocycles. The largest absolute Gasteiger partial charge is 0.302 e. The van der Waals surface area contributed by atoms with Gasteiger partial charge in [-0.2, -0.15) is 0 Å². The lowest BCUT2D eigenvalue weighted by Gasteiger charge is -2.56. The van der Waals surface area contributed by atoms with Gasteiger partial charge in [0.05, 0.1) is 5.69 Å². The summed E-state index contributed by atoms with van der Waals surface area (Å²) in [7, 11) is 0. The van der Waals surface area contributed by atoms with Gasteiger partial charge in [0.15, 0.2) is 5.13 Å². The summed E-state index contributed by atoms with van der Waals surface area (Å²) in [4.78, 5) is 16.3. The van der Waals surface area contributed by atoms with E-state index in [9.17, 15) is 4.79 Å². The number of hydrogen-bond acceptors (Lipinski definition) is 3. The van der Waals surface area contributed by atoms with Gasteiger partial charge in [-0.15, -0.1) is 11.3 Å². The number of anilines is 1. The first kappa shape index (κ1) is 12.8. The highest BCUT2D eigenvalue weighted by Gasteiger charge is 2.52. The van der Waals surface area contributed by atoms with Crippen LogP contribution in [-0.4, -0.2) is 10.9 Å². The van der Waals surface area contributed by atoms with E-state index in [1.54, 1.807) is 11.3 Å². The zero-order valence-electron chi connectivity index (χ0n) is 12.0. The molecule has 1 heterocycles. The second-order valence-electron chi connectivity index (χ2n) is 7.14. The van der Waals surface area contributed by atoms with Gasteiger partial charge in [-0.25, -0.2) is 4.98 Å². The average Bonchev–Trinajstić information content (AvgIpc) is 2.86. The van der Waals surface area contributed by atoms with Crippen molar-refractivity contribution in [1.82, 2.24) is 4.98 Å². The number of carbonyl (C=O) groups excluding carboxylic acids is 1. The van der Waals surface area contributed by atoms with Gasteiger partial charge >= 0.3 is 0 Å². The molecule has 4 bridgehead atoms. The third-order valence-corrected chi connectivity index (χ3v) is 6.41. The Kier molecular flexibility index (Phi) is 2.92. The van der Waals surface area contributed by atoms with E-state index >= 15 is 0 Å². The first-order chi connectivity index (χ1) is 9.67. The van der Waals surface area contributed by atoms with Crippen LogP contribution >= 0.6 is 11.3 Å². The summed E-state index contributed by atoms with van der Waals surface area (Å²) in [6.07, 6.45) is 8.92. The van der Waals surface area contributed by atoms with E-state index in [0.29, 0.717) is 11.8 Å². The molecule has 0 aliphatic heterocycles. The Hall–Kier alpha value is -0.900. The van der Waals surface area contributed by atoms with Crippen molar-refractivity contribution in [1.29, 1.82) is 0 Å². The Labute approximate surface area is 124 Å². The fourth-order valence-corrected chi connectivity index (χ4v) is 6.06. The molecule has 4 aliphatic rings. The number of nitrogens with one attached hydrogen (secondary N) is 1. The molecule has 1 aromatic rings. The Morgan fingerprint density at radius 2 is 1.90 bits per heavy atom. The van der Waals surface area contributed by atoms with Crippen LogP contribution in [0.4, 0.5) is 5.13 Å². The number of hydrogen-bond donors (Lipinski definition) is 1. The van der Waals surface area contributed by atoms with Gasteiger partial charge in [0.2, 0.25) is 5.91 Å². The molecule has 4 fully saturated rings. The minimum atomic E-state index is 0.0661. The Morgan fingerprint density at radius 3 is 2.45 bits per heavy atom. The fourth-order valence-electron chi connectivity index (χ4n) is 5.21. The highest BCUT2D eigenvalue weighted by molar-refractivity contribution is 7.13. The predicted molar refractivity (Wildman–Crippen MR) is 80.9 cm³/mol. The molecule has 1 aromatic heterocycles. The molecule has 3 nitrogen and oxygen atoms in total. The summed E-state index contributed by atoms with van der Waals surface area (Å²) in [5.74, 6) is 2.89. The third kappa shape index (κ3) is 2.00. The quantitative estimate of drug-likeness (QED) is 0.915. The van der Waals surface area contributed by atoms with Gasteiger partial charge in [0.25, 0.3) is 0 Å². The summed E-state index contributed by atoms with van der Waals surface area (Å²) in [5, 5.41) is 5.91. The normalized spacial score (nSPS) is 38.1. The molecule has 0 spiro atoms. The summed E-state index contributed by atoms with van der Waals surface area (Å²) in [5.41, 5.74) is 1.62. The van der Waals surface area contributed by atoms with E-state index < -0.39 is 0 Å². The molecule has 4 aliphatic carbocycles. The average molecular weight is 290 g/mol. The lowest BCUT2D eigenvalue weighted by atomic mass is 9.49. The predicted octanol–water partition coefficient (Wildman–Crippen LogP) is 3.96. The number of rotatable bonds is 3. The van der Waals surface area contributed by atoms with Crippen molar-refractivity contribution < 1.29 is 4.79 Å². The standard InChI is InChI=1S/C16H22N2OS/c1-2-14(19)18-15-17-13(9-20-15)16-6-10-3-11(7-16)5-12(4-10)8-16/h9-12H,2-8H2,1H3,(H,17,18,19). The Morgan fingerprint density at radius 1 is 1.30 bits per heavy atom. The van der Waals surface area contributed by atoms with E-state index in [2.05, 4.69) is 10.7 Å². The Bertz CT molecular complexity index is 501. The van der Waals surface area contributed by atoms with Crippen LogP contribution < -0.4 is 5.32 Å². The van der Waals surface area contributed by atoms with Gasteiger partial charge in [-0.1, -0.05) is 6.92 Å². The molecule has 1 N–H and O–H groups in total. The maximum absolute atomic E-state index is 11.5. The maximum atomic E-state index is 11.5. The first-order valence-corrected chi connectivity index (χ1v) is 8.81. The molecule has 0 radical (unpaired) electrons. The van der Waals surface area contributed by atoms with E-state index in [0.717, 1.165) is 22.9 Å². The third-order valence-electron chi connectivity index (χ3n) is 5.65. The summed E-state index contributed by atoms with van der Waals surface area (Å²) < 4.78 is 0. The molecule has 20 heavy (non-hydrogen) atoms. The first-order valence-electron chi connectivity index (χ1n) is 7.93. The minimum absolute atomic E-state index is 0.0661. The van der Waals surface area contributed by atoms with Crippen LogP contribution in [0.25, 0.3) is 0 Å². The van der Waals surface area contributed by atoms with Crippen LogP contribution in [-0.2, 0) is 10.2 Å². The number of carbonyl (C=O) groups is 1. The van der Waals surface area contributed by atoms with Gasteiger partial charge in [0, 0.05) is 17.2 Å². The van der Waals surface area contributed by atoms with Crippen LogP contribution in [0.15, 0.2) is 5.38 Å². The molecule has 5 rings (SSSR count). The monoisotopic (exact) mass is 290 g/mol. The van der Waals surface area contributed by atoms with Crippen LogP contribution in [0.1, 0.15) is 57.6 Å². The zero-order chi connectivity index (χ0) is 13.7. The summed E-state index contributed by atoms with van der Waals surface area (Å²) >= 11 is 1.60. The van der Waals surface area contributed by atoms with Crippen LogP contribution in [0.3, 0.4) is 0 Å². The van der Waals surface area contributed by atoms with Crippen molar-refractivity contribution in [3.05, 3.63) is 11.1 Å². The molecule has 0 unspecified atom stereocenters. The van der Waals surface area contributed by atoms with Crippen molar-refractivity contribution >= 4 is 22.4 Å². The lowest BCUT2D eigenvalue weighted by molar-refractivity contribution is -0.115. The zero-order valence-corrected chi connectivity index (χ0v) is 12.8. The van der Waals surface area contributed by atoms with Gasteiger partial charge in [0.1, 0.15) is 0 Å². The van der Waals surface area contributed by atoms with Crippen LogP contribution in [0, 0.1) is 17.8 Å². The topological polar surface area (TPSA) is 42.0 Å². The SMILES string of the molecule is CCC(=O)Nc1nc(C23CC4CC(CC(C4)C2)C3)cs1. The number of nitrogens with zero attached hydrogens (tertiary/aromatic N) is 1. The van der Waals surface area contributed by atoms with Crippen LogP contribution in [0.2, 0.25) is 0 Å². The van der Waals surface area contributed by atoms with Crippen molar-refractivity contribution in [3.8, 4) is 0 Å². The van der Waals surface area contributed by atoms with Crippen molar-refractivity contribution in [2.45, 2.75) is 57.3 Å². The molecule has 4 heteroatoms. The second-order valence-corrected chi connectivity index (χ2v) is 8.00. The van der Waals surface area contributed by atoms with Gasteiger partial charge in [-0.05, 0) is 56.3 Å². The summed E-state index contributed by atoms with van der Waals surface area (Å²) in [6.45, 7) is 1.88. The smallest absolute Gasteiger partial charge is 0.225 e. The second kappa shape index (κ2) is 4.55. The van der Waals surface area contributed by atoms with Gasteiger partial charge < -0.3 is 5.32 Å². The molecular formula is C16H22N2OS. The minimum Gasteiger partial charge on any atom is -0.302 e. The van der Waals surface area contributed by atoms with Gasteiger partial charge in [-0.3, -0.25) is 4.79 Å². The van der Waals surface area contributed by atoms with Crippen molar-refractivity contribution in [3.63, 3.8) is 0 Å². The number of thiazole rings is 1. The molecule has 108 valence electrons. The number of aromatic nitrogens is 1. The highest BCUT2D eigenvalue weighted by atomic mass is 32.1. The Balaban J connectivity index is 1.59. The van der Waals surface area contributed by atoms with E-state index in [-0.39, 0.29) is 5.91 Å². The fraction of sp³-hybridized carbons (Fsp3) is 0.750. The number of amides is 1. The maximum Gasteiger partial charge on any atom is 0.225 e. The molecule has 4 saturated carbocycles. The van der Waals surface area contributed by atoms with E-state index in [4.69, 9.17) is 4.98 Å². The highest BCUT2D eigenvalue weighted by Crippen LogP contribution is 2.60. The van der Waals surface area contributed by atoms with E-state index in [1.807, 2.05) is 6.92 Å². The molecular weight excluding hydrogens is 268 g/mol. The molecule has 0 aromatic carbocycles. The van der Waals surface area contributed by atoms with E-state index in [1.165, 1.54) is 44.2 Å². The summed E-state index contributed by atoms with van der Waals surface area (Å²) in [6, 6.07) is 0. The molecule has 1 amide bonds. The molecule has 0 atom stereocenters. The lowest BCUT2D eigenvalue weighted by Crippen LogP contribution is -2.48.